The monoisotopic (exact) mass is 327 g/mol. The largest absolute Gasteiger partial charge is 0.383 e. The molecule has 2 rings (SSSR count). The first-order valence-electron chi connectivity index (χ1n) is 6.96. The molecule has 0 aromatic heterocycles. The summed E-state index contributed by atoms with van der Waals surface area (Å²) < 4.78 is 5.08. The second-order valence-corrected chi connectivity index (χ2v) is 5.44. The molecular weight excluding hydrogens is 301 g/mol. The summed E-state index contributed by atoms with van der Waals surface area (Å²) in [5, 5.41) is 0. The van der Waals surface area contributed by atoms with Gasteiger partial charge in [-0.25, -0.2) is 0 Å². The molecule has 2 heterocycles. The highest BCUT2D eigenvalue weighted by Crippen LogP contribution is 2.21. The lowest BCUT2D eigenvalue weighted by atomic mass is 9.95. The van der Waals surface area contributed by atoms with Gasteiger partial charge in [0.05, 0.1) is 6.61 Å². The fourth-order valence-corrected chi connectivity index (χ4v) is 2.87. The van der Waals surface area contributed by atoms with Crippen molar-refractivity contribution in [2.45, 2.75) is 25.3 Å². The predicted octanol–water partition coefficient (Wildman–Crippen LogP) is 0.748. The summed E-state index contributed by atoms with van der Waals surface area (Å²) in [6, 6.07) is 0.191. The molecule has 0 spiro atoms. The lowest BCUT2D eigenvalue weighted by molar-refractivity contribution is -0.136. The Hall–Kier alpha value is -0.0700. The van der Waals surface area contributed by atoms with Gasteiger partial charge >= 0.3 is 0 Å². The minimum absolute atomic E-state index is 0. The van der Waals surface area contributed by atoms with Crippen LogP contribution in [0, 0.1) is 5.92 Å². The van der Waals surface area contributed by atoms with Crippen molar-refractivity contribution in [1.29, 1.82) is 0 Å². The molecule has 0 radical (unpaired) electrons. The van der Waals surface area contributed by atoms with Crippen LogP contribution in [0.15, 0.2) is 0 Å². The number of nitrogens with zero attached hydrogens (tertiary/aromatic N) is 2. The number of halogens is 2. The van der Waals surface area contributed by atoms with Crippen molar-refractivity contribution >= 4 is 30.7 Å². The first-order valence-corrected chi connectivity index (χ1v) is 6.96. The van der Waals surface area contributed by atoms with Crippen LogP contribution in [-0.2, 0) is 9.53 Å². The maximum Gasteiger partial charge on any atom is 0.225 e. The van der Waals surface area contributed by atoms with Crippen molar-refractivity contribution in [3.8, 4) is 0 Å². The van der Waals surface area contributed by atoms with E-state index in [0.29, 0.717) is 5.91 Å². The van der Waals surface area contributed by atoms with Gasteiger partial charge in [0.1, 0.15) is 0 Å². The molecule has 0 aromatic carbocycles. The van der Waals surface area contributed by atoms with E-state index in [-0.39, 0.29) is 36.8 Å². The van der Waals surface area contributed by atoms with Gasteiger partial charge in [-0.05, 0) is 32.4 Å². The molecule has 2 saturated heterocycles. The molecule has 0 bridgehead atoms. The number of hydrogen-bond acceptors (Lipinski definition) is 4. The van der Waals surface area contributed by atoms with Crippen LogP contribution in [0.5, 0.6) is 0 Å². The van der Waals surface area contributed by atoms with Gasteiger partial charge in [-0.2, -0.15) is 0 Å². The van der Waals surface area contributed by atoms with E-state index in [2.05, 4.69) is 4.90 Å². The first kappa shape index (κ1) is 19.9. The van der Waals surface area contributed by atoms with Gasteiger partial charge in [-0.15, -0.1) is 24.8 Å². The molecule has 120 valence electrons. The average molecular weight is 328 g/mol. The highest BCUT2D eigenvalue weighted by Gasteiger charge is 2.31. The number of piperidine rings is 1. The molecule has 2 aliphatic rings. The van der Waals surface area contributed by atoms with Gasteiger partial charge in [0.2, 0.25) is 5.91 Å². The van der Waals surface area contributed by atoms with Crippen molar-refractivity contribution in [3.05, 3.63) is 0 Å². The van der Waals surface area contributed by atoms with Crippen LogP contribution >= 0.6 is 24.8 Å². The molecule has 1 unspecified atom stereocenters. The Morgan fingerprint density at radius 2 is 1.85 bits per heavy atom. The van der Waals surface area contributed by atoms with Crippen LogP contribution in [0.25, 0.3) is 0 Å². The lowest BCUT2D eigenvalue weighted by Gasteiger charge is -2.32. The van der Waals surface area contributed by atoms with Gasteiger partial charge in [-0.1, -0.05) is 0 Å². The van der Waals surface area contributed by atoms with Crippen LogP contribution in [0.2, 0.25) is 0 Å². The van der Waals surface area contributed by atoms with Crippen LogP contribution in [0.3, 0.4) is 0 Å². The topological polar surface area (TPSA) is 58.8 Å². The summed E-state index contributed by atoms with van der Waals surface area (Å²) in [5.74, 6) is 0.545. The number of ether oxygens (including phenoxy) is 1. The van der Waals surface area contributed by atoms with Crippen molar-refractivity contribution < 1.29 is 9.53 Å². The van der Waals surface area contributed by atoms with Gasteiger partial charge in [0.25, 0.3) is 0 Å². The molecule has 0 aliphatic carbocycles. The smallest absolute Gasteiger partial charge is 0.225 e. The molecule has 20 heavy (non-hydrogen) atoms. The van der Waals surface area contributed by atoms with E-state index in [4.69, 9.17) is 10.5 Å². The summed E-state index contributed by atoms with van der Waals surface area (Å²) >= 11 is 0. The van der Waals surface area contributed by atoms with Crippen LogP contribution in [-0.4, -0.2) is 68.2 Å². The molecule has 1 amide bonds. The second kappa shape index (κ2) is 9.79. The molecule has 2 fully saturated rings. The van der Waals surface area contributed by atoms with Crippen LogP contribution in [0.1, 0.15) is 19.3 Å². The van der Waals surface area contributed by atoms with E-state index in [9.17, 15) is 4.79 Å². The lowest BCUT2D eigenvalue weighted by Crippen LogP contribution is -2.43. The maximum atomic E-state index is 12.3. The summed E-state index contributed by atoms with van der Waals surface area (Å²) in [6.07, 6.45) is 2.92. The minimum Gasteiger partial charge on any atom is -0.383 e. The highest BCUT2D eigenvalue weighted by molar-refractivity contribution is 5.85. The molecule has 0 aromatic rings. The van der Waals surface area contributed by atoms with E-state index in [1.165, 1.54) is 0 Å². The maximum absolute atomic E-state index is 12.3. The molecule has 2 aliphatic heterocycles. The summed E-state index contributed by atoms with van der Waals surface area (Å²) in [5.41, 5.74) is 5.85. The SMILES string of the molecule is COCCN1CCC(C(=O)N2CCC(N)C2)CC1.Cl.Cl. The van der Waals surface area contributed by atoms with E-state index in [1.807, 2.05) is 4.90 Å². The molecule has 2 N–H and O–H groups in total. The number of likely N-dealkylation sites (tertiary alicyclic amines) is 2. The van der Waals surface area contributed by atoms with Crippen molar-refractivity contribution in [2.24, 2.45) is 11.7 Å². The van der Waals surface area contributed by atoms with Gasteiger partial charge < -0.3 is 20.3 Å². The fraction of sp³-hybridized carbons (Fsp3) is 0.923. The van der Waals surface area contributed by atoms with Crippen molar-refractivity contribution in [3.63, 3.8) is 0 Å². The first-order chi connectivity index (χ1) is 8.70. The summed E-state index contributed by atoms with van der Waals surface area (Å²) in [6.45, 7) is 5.39. The van der Waals surface area contributed by atoms with Gasteiger partial charge in [0, 0.05) is 38.7 Å². The Morgan fingerprint density at radius 3 is 2.35 bits per heavy atom. The molecule has 1 atom stereocenters. The normalized spacial score (nSPS) is 24.1. The molecule has 0 saturated carbocycles. The van der Waals surface area contributed by atoms with Gasteiger partial charge in [-0.3, -0.25) is 4.79 Å². The van der Waals surface area contributed by atoms with Gasteiger partial charge in [0.15, 0.2) is 0 Å². The van der Waals surface area contributed by atoms with Crippen LogP contribution < -0.4 is 5.73 Å². The number of amides is 1. The Kier molecular flexibility index (Phi) is 9.76. The fourth-order valence-electron chi connectivity index (χ4n) is 2.87. The highest BCUT2D eigenvalue weighted by atomic mass is 35.5. The summed E-state index contributed by atoms with van der Waals surface area (Å²) in [4.78, 5) is 16.6. The number of methoxy groups -OCH3 is 1. The zero-order chi connectivity index (χ0) is 13.0. The third kappa shape index (κ3) is 5.37. The van der Waals surface area contributed by atoms with Crippen LogP contribution in [0.4, 0.5) is 0 Å². The number of nitrogens with two attached hydrogens (primary N) is 1. The van der Waals surface area contributed by atoms with E-state index in [0.717, 1.165) is 58.6 Å². The number of carbonyl (C=O) groups is 1. The Balaban J connectivity index is 0.00000180. The number of rotatable bonds is 4. The van der Waals surface area contributed by atoms with Crippen molar-refractivity contribution in [2.75, 3.05) is 46.4 Å². The minimum atomic E-state index is 0. The average Bonchev–Trinajstić information content (AvgIpc) is 2.83. The second-order valence-electron chi connectivity index (χ2n) is 5.44. The molecular formula is C13H27Cl2N3O2. The molecule has 7 heteroatoms. The zero-order valence-corrected chi connectivity index (χ0v) is 13.8. The Morgan fingerprint density at radius 1 is 1.20 bits per heavy atom. The third-order valence-electron chi connectivity index (χ3n) is 4.08. The third-order valence-corrected chi connectivity index (χ3v) is 4.08. The predicted molar refractivity (Wildman–Crippen MR) is 84.7 cm³/mol. The van der Waals surface area contributed by atoms with E-state index >= 15 is 0 Å². The number of carbonyl (C=O) groups excluding carboxylic acids is 1. The number of hydrogen-bond donors (Lipinski definition) is 1. The summed E-state index contributed by atoms with van der Waals surface area (Å²) in [7, 11) is 1.73. The zero-order valence-electron chi connectivity index (χ0n) is 12.1. The standard InChI is InChI=1S/C13H25N3O2.2ClH/c1-18-9-8-15-5-2-11(3-6-15)13(17)16-7-4-12(14)10-16;;/h11-12H,2-10,14H2,1H3;2*1H. The Labute approximate surface area is 134 Å². The van der Waals surface area contributed by atoms with Crippen molar-refractivity contribution in [1.82, 2.24) is 9.80 Å². The van der Waals surface area contributed by atoms with E-state index < -0.39 is 0 Å². The molecule has 5 nitrogen and oxygen atoms in total. The quantitative estimate of drug-likeness (QED) is 0.827. The Bertz CT molecular complexity index is 287. The van der Waals surface area contributed by atoms with E-state index in [1.54, 1.807) is 7.11 Å².